The van der Waals surface area contributed by atoms with Gasteiger partial charge in [-0.2, -0.15) is 0 Å². The molecule has 2 N–H and O–H groups in total. The minimum Gasteiger partial charge on any atom is -0.494 e. The monoisotopic (exact) mass is 235 g/mol. The Morgan fingerprint density at radius 3 is 2.47 bits per heavy atom. The van der Waals surface area contributed by atoms with Crippen LogP contribution in [0.3, 0.4) is 0 Å². The van der Waals surface area contributed by atoms with Crippen LogP contribution in [0, 0.1) is 13.8 Å². The summed E-state index contributed by atoms with van der Waals surface area (Å²) in [5.74, 6) is 1.75. The van der Waals surface area contributed by atoms with Crippen molar-refractivity contribution in [3.05, 3.63) is 16.7 Å². The summed E-state index contributed by atoms with van der Waals surface area (Å²) in [6.07, 6.45) is 1.93. The Morgan fingerprint density at radius 1 is 1.24 bits per heavy atom. The normalized spacial score (nSPS) is 17.2. The molecule has 1 aliphatic heterocycles. The molecule has 0 atom stereocenters. The van der Waals surface area contributed by atoms with Crippen molar-refractivity contribution < 1.29 is 9.47 Å². The van der Waals surface area contributed by atoms with Crippen molar-refractivity contribution in [1.29, 1.82) is 0 Å². The van der Waals surface area contributed by atoms with Crippen LogP contribution in [0.1, 0.15) is 37.0 Å². The molecule has 0 saturated heterocycles. The van der Waals surface area contributed by atoms with Crippen molar-refractivity contribution in [2.24, 2.45) is 0 Å². The standard InChI is InChI=1S/C14H21NO2/c1-8-9(2)13(16-5)11(15)10-6-7-14(3,4)17-12(8)10/h6-7,15H2,1-5H3. The third-order valence-electron chi connectivity index (χ3n) is 3.65. The van der Waals surface area contributed by atoms with Gasteiger partial charge in [0, 0.05) is 5.56 Å². The Labute approximate surface area is 103 Å². The molecule has 0 spiro atoms. The van der Waals surface area contributed by atoms with Gasteiger partial charge in [0.05, 0.1) is 12.8 Å². The molecular weight excluding hydrogens is 214 g/mol. The van der Waals surface area contributed by atoms with Gasteiger partial charge in [0.1, 0.15) is 17.1 Å². The van der Waals surface area contributed by atoms with Crippen LogP contribution in [-0.2, 0) is 6.42 Å². The third kappa shape index (κ3) is 1.84. The number of anilines is 1. The van der Waals surface area contributed by atoms with Crippen molar-refractivity contribution in [3.8, 4) is 11.5 Å². The molecule has 1 aromatic carbocycles. The summed E-state index contributed by atoms with van der Waals surface area (Å²) >= 11 is 0. The van der Waals surface area contributed by atoms with Crippen molar-refractivity contribution in [2.45, 2.75) is 46.1 Å². The summed E-state index contributed by atoms with van der Waals surface area (Å²) in [6, 6.07) is 0. The molecule has 94 valence electrons. The Kier molecular flexibility index (Phi) is 2.72. The van der Waals surface area contributed by atoms with Gasteiger partial charge in [0.25, 0.3) is 0 Å². The first-order valence-corrected chi connectivity index (χ1v) is 6.02. The van der Waals surface area contributed by atoms with E-state index in [9.17, 15) is 0 Å². The summed E-state index contributed by atoms with van der Waals surface area (Å²) in [4.78, 5) is 0. The lowest BCUT2D eigenvalue weighted by atomic mass is 9.90. The van der Waals surface area contributed by atoms with Gasteiger partial charge in [-0.25, -0.2) is 0 Å². The zero-order valence-corrected chi connectivity index (χ0v) is 11.3. The molecule has 1 aromatic rings. The first-order chi connectivity index (χ1) is 7.87. The second-order valence-electron chi connectivity index (χ2n) is 5.37. The van der Waals surface area contributed by atoms with Crippen molar-refractivity contribution in [1.82, 2.24) is 0 Å². The van der Waals surface area contributed by atoms with Crippen LogP contribution in [0.4, 0.5) is 5.69 Å². The summed E-state index contributed by atoms with van der Waals surface area (Å²) in [6.45, 7) is 8.32. The van der Waals surface area contributed by atoms with Crippen LogP contribution in [-0.4, -0.2) is 12.7 Å². The van der Waals surface area contributed by atoms with E-state index < -0.39 is 0 Å². The van der Waals surface area contributed by atoms with E-state index >= 15 is 0 Å². The Morgan fingerprint density at radius 2 is 1.88 bits per heavy atom. The van der Waals surface area contributed by atoms with Crippen LogP contribution in [0.5, 0.6) is 11.5 Å². The molecular formula is C14H21NO2. The molecule has 0 fully saturated rings. The fraction of sp³-hybridized carbons (Fsp3) is 0.571. The molecule has 17 heavy (non-hydrogen) atoms. The molecule has 0 amide bonds. The molecule has 1 heterocycles. The molecule has 3 heteroatoms. The summed E-state index contributed by atoms with van der Waals surface area (Å²) in [5.41, 5.74) is 10.1. The number of nitrogens with two attached hydrogens (primary N) is 1. The van der Waals surface area contributed by atoms with Gasteiger partial charge in [-0.1, -0.05) is 0 Å². The zero-order valence-electron chi connectivity index (χ0n) is 11.3. The fourth-order valence-corrected chi connectivity index (χ4v) is 2.43. The van der Waals surface area contributed by atoms with E-state index in [-0.39, 0.29) is 5.60 Å². The van der Waals surface area contributed by atoms with Crippen LogP contribution in [0.25, 0.3) is 0 Å². The molecule has 0 aromatic heterocycles. The van der Waals surface area contributed by atoms with E-state index in [2.05, 4.69) is 20.8 Å². The lowest BCUT2D eigenvalue weighted by Gasteiger charge is -2.35. The van der Waals surface area contributed by atoms with E-state index in [1.54, 1.807) is 7.11 Å². The minimum atomic E-state index is -0.106. The lowest BCUT2D eigenvalue weighted by molar-refractivity contribution is 0.0837. The van der Waals surface area contributed by atoms with Crippen LogP contribution in [0.15, 0.2) is 0 Å². The van der Waals surface area contributed by atoms with Crippen LogP contribution in [0.2, 0.25) is 0 Å². The molecule has 3 nitrogen and oxygen atoms in total. The molecule has 0 bridgehead atoms. The maximum atomic E-state index is 6.17. The largest absolute Gasteiger partial charge is 0.494 e. The van der Waals surface area contributed by atoms with Crippen molar-refractivity contribution in [2.75, 3.05) is 12.8 Å². The number of rotatable bonds is 1. The number of hydrogen-bond acceptors (Lipinski definition) is 3. The van der Waals surface area contributed by atoms with Gasteiger partial charge < -0.3 is 15.2 Å². The van der Waals surface area contributed by atoms with Gasteiger partial charge in [-0.05, 0) is 51.7 Å². The van der Waals surface area contributed by atoms with Crippen LogP contribution >= 0.6 is 0 Å². The molecule has 2 rings (SSSR count). The van der Waals surface area contributed by atoms with Crippen molar-refractivity contribution >= 4 is 5.69 Å². The predicted molar refractivity (Wildman–Crippen MR) is 69.9 cm³/mol. The van der Waals surface area contributed by atoms with E-state index in [0.717, 1.165) is 46.7 Å². The maximum Gasteiger partial charge on any atom is 0.145 e. The van der Waals surface area contributed by atoms with E-state index in [4.69, 9.17) is 15.2 Å². The first-order valence-electron chi connectivity index (χ1n) is 6.02. The van der Waals surface area contributed by atoms with Crippen LogP contribution < -0.4 is 15.2 Å². The number of fused-ring (bicyclic) bond motifs is 1. The van der Waals surface area contributed by atoms with E-state index in [1.165, 1.54) is 0 Å². The number of nitrogen functional groups attached to an aromatic ring is 1. The quantitative estimate of drug-likeness (QED) is 0.761. The summed E-state index contributed by atoms with van der Waals surface area (Å²) in [5, 5.41) is 0. The number of ether oxygens (including phenoxy) is 2. The second kappa shape index (κ2) is 3.83. The third-order valence-corrected chi connectivity index (χ3v) is 3.65. The predicted octanol–water partition coefficient (Wildman–Crippen LogP) is 3.00. The molecule has 0 unspecified atom stereocenters. The highest BCUT2D eigenvalue weighted by Crippen LogP contribution is 2.45. The highest BCUT2D eigenvalue weighted by atomic mass is 16.5. The maximum absolute atomic E-state index is 6.17. The van der Waals surface area contributed by atoms with E-state index in [1.807, 2.05) is 6.92 Å². The van der Waals surface area contributed by atoms with Gasteiger partial charge in [-0.3, -0.25) is 0 Å². The van der Waals surface area contributed by atoms with Crippen molar-refractivity contribution in [3.63, 3.8) is 0 Å². The smallest absolute Gasteiger partial charge is 0.145 e. The Balaban J connectivity index is 2.64. The average Bonchev–Trinajstić information content (AvgIpc) is 2.26. The van der Waals surface area contributed by atoms with Gasteiger partial charge in [0.15, 0.2) is 0 Å². The highest BCUT2D eigenvalue weighted by Gasteiger charge is 2.31. The summed E-state index contributed by atoms with van der Waals surface area (Å²) < 4.78 is 11.5. The van der Waals surface area contributed by atoms with Gasteiger partial charge in [-0.15, -0.1) is 0 Å². The topological polar surface area (TPSA) is 44.5 Å². The highest BCUT2D eigenvalue weighted by molar-refractivity contribution is 5.70. The lowest BCUT2D eigenvalue weighted by Crippen LogP contribution is -2.33. The average molecular weight is 235 g/mol. The van der Waals surface area contributed by atoms with E-state index in [0.29, 0.717) is 0 Å². The molecule has 0 saturated carbocycles. The number of benzene rings is 1. The summed E-state index contributed by atoms with van der Waals surface area (Å²) in [7, 11) is 1.66. The number of hydrogen-bond donors (Lipinski definition) is 1. The van der Waals surface area contributed by atoms with Gasteiger partial charge >= 0.3 is 0 Å². The minimum absolute atomic E-state index is 0.106. The number of methoxy groups -OCH3 is 1. The molecule has 1 aliphatic rings. The fourth-order valence-electron chi connectivity index (χ4n) is 2.43. The zero-order chi connectivity index (χ0) is 12.8. The SMILES string of the molecule is COc1c(C)c(C)c2c(c1N)CCC(C)(C)O2. The first kappa shape index (κ1) is 12.1. The molecule has 0 radical (unpaired) electrons. The Hall–Kier alpha value is -1.38. The molecule has 0 aliphatic carbocycles. The van der Waals surface area contributed by atoms with Gasteiger partial charge in [0.2, 0.25) is 0 Å². The Bertz CT molecular complexity index is 464. The second-order valence-corrected chi connectivity index (χ2v) is 5.37.